The molecule has 0 spiro atoms. The van der Waals surface area contributed by atoms with Crippen molar-refractivity contribution in [2.75, 3.05) is 5.32 Å². The number of anilines is 1. The fourth-order valence-corrected chi connectivity index (χ4v) is 2.37. The third kappa shape index (κ3) is 3.67. The van der Waals surface area contributed by atoms with Gasteiger partial charge in [0.25, 0.3) is 0 Å². The molecule has 1 unspecified atom stereocenters. The Morgan fingerprint density at radius 1 is 1.20 bits per heavy atom. The second kappa shape index (κ2) is 6.66. The minimum atomic E-state index is -0.357. The minimum absolute atomic E-state index is 0.0255. The van der Waals surface area contributed by atoms with Crippen LogP contribution in [0.1, 0.15) is 22.9 Å². The van der Waals surface area contributed by atoms with E-state index in [1.165, 1.54) is 6.07 Å². The number of rotatable bonds is 4. The van der Waals surface area contributed by atoms with Gasteiger partial charge in [0.15, 0.2) is 0 Å². The second-order valence-electron chi connectivity index (χ2n) is 4.52. The Morgan fingerprint density at radius 2 is 1.85 bits per heavy atom. The third-order valence-electron chi connectivity index (χ3n) is 2.97. The van der Waals surface area contributed by atoms with Crippen molar-refractivity contribution in [3.63, 3.8) is 0 Å². The smallest absolute Gasteiger partial charge is 0.228 e. The molecule has 0 fully saturated rings. The van der Waals surface area contributed by atoms with E-state index in [-0.39, 0.29) is 23.0 Å². The summed E-state index contributed by atoms with van der Waals surface area (Å²) in [5.74, 6) is -0.583. The molecule has 0 aliphatic heterocycles. The summed E-state index contributed by atoms with van der Waals surface area (Å²) in [4.78, 5) is 12.1. The van der Waals surface area contributed by atoms with E-state index in [9.17, 15) is 9.18 Å². The maximum absolute atomic E-state index is 13.5. The molecule has 2 aromatic rings. The molecule has 0 saturated heterocycles. The quantitative estimate of drug-likeness (QED) is 0.821. The van der Waals surface area contributed by atoms with Gasteiger partial charge in [-0.2, -0.15) is 0 Å². The van der Waals surface area contributed by atoms with E-state index in [2.05, 4.69) is 21.2 Å². The number of amides is 1. The Hall–Kier alpha value is -1.68. The standard InChI is InChI=1S/C16H15BrFNO/c1-11(17)13-7-3-5-9-15(13)19-16(20)10-12-6-2-4-8-14(12)18/h2-9,11H,10H2,1H3,(H,19,20). The minimum Gasteiger partial charge on any atom is -0.326 e. The van der Waals surface area contributed by atoms with Crippen LogP contribution >= 0.6 is 15.9 Å². The molecule has 0 aliphatic carbocycles. The van der Waals surface area contributed by atoms with Crippen LogP contribution in [0, 0.1) is 5.82 Å². The zero-order chi connectivity index (χ0) is 14.5. The number of nitrogens with one attached hydrogen (secondary N) is 1. The van der Waals surface area contributed by atoms with Crippen molar-refractivity contribution in [1.82, 2.24) is 0 Å². The average Bonchev–Trinajstić information content (AvgIpc) is 2.41. The molecular formula is C16H15BrFNO. The first-order valence-electron chi connectivity index (χ1n) is 6.34. The first-order chi connectivity index (χ1) is 9.58. The summed E-state index contributed by atoms with van der Waals surface area (Å²) >= 11 is 3.49. The van der Waals surface area contributed by atoms with Gasteiger partial charge in [-0.05, 0) is 30.2 Å². The third-order valence-corrected chi connectivity index (χ3v) is 3.47. The molecule has 0 heterocycles. The molecule has 0 radical (unpaired) electrons. The molecule has 1 atom stereocenters. The van der Waals surface area contributed by atoms with Gasteiger partial charge < -0.3 is 5.32 Å². The molecule has 0 saturated carbocycles. The molecule has 1 N–H and O–H groups in total. The van der Waals surface area contributed by atoms with Gasteiger partial charge in [0.05, 0.1) is 6.42 Å². The monoisotopic (exact) mass is 335 g/mol. The van der Waals surface area contributed by atoms with Crippen molar-refractivity contribution in [2.24, 2.45) is 0 Å². The van der Waals surface area contributed by atoms with Crippen LogP contribution in [0.25, 0.3) is 0 Å². The Morgan fingerprint density at radius 3 is 2.55 bits per heavy atom. The molecule has 104 valence electrons. The van der Waals surface area contributed by atoms with Crippen molar-refractivity contribution in [2.45, 2.75) is 18.2 Å². The van der Waals surface area contributed by atoms with Crippen LogP contribution in [0.4, 0.5) is 10.1 Å². The molecule has 2 nitrogen and oxygen atoms in total. The fourth-order valence-electron chi connectivity index (χ4n) is 1.97. The van der Waals surface area contributed by atoms with E-state index in [4.69, 9.17) is 0 Å². The van der Waals surface area contributed by atoms with E-state index in [1.54, 1.807) is 18.2 Å². The van der Waals surface area contributed by atoms with Crippen molar-refractivity contribution < 1.29 is 9.18 Å². The molecule has 0 aromatic heterocycles. The zero-order valence-corrected chi connectivity index (χ0v) is 12.7. The zero-order valence-electron chi connectivity index (χ0n) is 11.1. The Bertz CT molecular complexity index is 613. The molecule has 2 rings (SSSR count). The SMILES string of the molecule is CC(Br)c1ccccc1NC(=O)Cc1ccccc1F. The first kappa shape index (κ1) is 14.7. The molecule has 4 heteroatoms. The number of para-hydroxylation sites is 1. The lowest BCUT2D eigenvalue weighted by Crippen LogP contribution is -2.16. The summed E-state index contributed by atoms with van der Waals surface area (Å²) in [6.07, 6.45) is 0.0255. The highest BCUT2D eigenvalue weighted by Gasteiger charge is 2.11. The van der Waals surface area contributed by atoms with Crippen LogP contribution in [0.15, 0.2) is 48.5 Å². The van der Waals surface area contributed by atoms with Gasteiger partial charge >= 0.3 is 0 Å². The number of carbonyl (C=O) groups is 1. The Kier molecular flexibility index (Phi) is 4.90. The van der Waals surface area contributed by atoms with Crippen molar-refractivity contribution in [3.05, 3.63) is 65.5 Å². The first-order valence-corrected chi connectivity index (χ1v) is 7.25. The van der Waals surface area contributed by atoms with Gasteiger partial charge in [0.2, 0.25) is 5.91 Å². The van der Waals surface area contributed by atoms with E-state index in [0.29, 0.717) is 5.56 Å². The van der Waals surface area contributed by atoms with Crippen LogP contribution in [-0.4, -0.2) is 5.91 Å². The topological polar surface area (TPSA) is 29.1 Å². The summed E-state index contributed by atoms with van der Waals surface area (Å²) in [5.41, 5.74) is 2.14. The van der Waals surface area contributed by atoms with Gasteiger partial charge in [-0.3, -0.25) is 4.79 Å². The highest BCUT2D eigenvalue weighted by atomic mass is 79.9. The summed E-state index contributed by atoms with van der Waals surface area (Å²) in [6, 6.07) is 13.9. The number of benzene rings is 2. The summed E-state index contributed by atoms with van der Waals surface area (Å²) < 4.78 is 13.5. The van der Waals surface area contributed by atoms with Gasteiger partial charge in [-0.15, -0.1) is 0 Å². The molecule has 1 amide bonds. The predicted octanol–water partition coefficient (Wildman–Crippen LogP) is 4.46. The average molecular weight is 336 g/mol. The van der Waals surface area contributed by atoms with Gasteiger partial charge in [0.1, 0.15) is 5.82 Å². The number of hydrogen-bond donors (Lipinski definition) is 1. The highest BCUT2D eigenvalue weighted by Crippen LogP contribution is 2.28. The summed E-state index contributed by atoms with van der Waals surface area (Å²) in [5, 5.41) is 2.83. The maximum atomic E-state index is 13.5. The lowest BCUT2D eigenvalue weighted by molar-refractivity contribution is -0.115. The van der Waals surface area contributed by atoms with Crippen LogP contribution in [0.5, 0.6) is 0 Å². The lowest BCUT2D eigenvalue weighted by atomic mass is 10.1. The number of hydrogen-bond acceptors (Lipinski definition) is 1. The molecule has 0 aliphatic rings. The number of alkyl halides is 1. The lowest BCUT2D eigenvalue weighted by Gasteiger charge is -2.12. The normalized spacial score (nSPS) is 11.9. The van der Waals surface area contributed by atoms with Crippen LogP contribution < -0.4 is 5.32 Å². The van der Waals surface area contributed by atoms with Crippen molar-refractivity contribution in [1.29, 1.82) is 0 Å². The summed E-state index contributed by atoms with van der Waals surface area (Å²) in [6.45, 7) is 1.99. The van der Waals surface area contributed by atoms with Crippen molar-refractivity contribution in [3.8, 4) is 0 Å². The van der Waals surface area contributed by atoms with Crippen LogP contribution in [0.2, 0.25) is 0 Å². The fraction of sp³-hybridized carbons (Fsp3) is 0.188. The van der Waals surface area contributed by atoms with Crippen LogP contribution in [0.3, 0.4) is 0 Å². The molecule has 2 aromatic carbocycles. The molecule has 20 heavy (non-hydrogen) atoms. The number of halogens is 2. The van der Waals surface area contributed by atoms with E-state index in [1.807, 2.05) is 31.2 Å². The number of carbonyl (C=O) groups excluding carboxylic acids is 1. The van der Waals surface area contributed by atoms with Crippen LogP contribution in [-0.2, 0) is 11.2 Å². The van der Waals surface area contributed by atoms with Crippen molar-refractivity contribution >= 4 is 27.5 Å². The summed E-state index contributed by atoms with van der Waals surface area (Å²) in [7, 11) is 0. The van der Waals surface area contributed by atoms with E-state index in [0.717, 1.165) is 11.3 Å². The molecular weight excluding hydrogens is 321 g/mol. The molecule has 0 bridgehead atoms. The van der Waals surface area contributed by atoms with E-state index < -0.39 is 0 Å². The second-order valence-corrected chi connectivity index (χ2v) is 5.89. The van der Waals surface area contributed by atoms with E-state index >= 15 is 0 Å². The Labute approximate surface area is 126 Å². The predicted molar refractivity (Wildman–Crippen MR) is 82.5 cm³/mol. The van der Waals surface area contributed by atoms with Gasteiger partial charge in [-0.25, -0.2) is 4.39 Å². The largest absolute Gasteiger partial charge is 0.326 e. The van der Waals surface area contributed by atoms with Gasteiger partial charge in [-0.1, -0.05) is 52.3 Å². The Balaban J connectivity index is 2.11. The highest BCUT2D eigenvalue weighted by molar-refractivity contribution is 9.09. The van der Waals surface area contributed by atoms with Gasteiger partial charge in [0, 0.05) is 10.5 Å². The maximum Gasteiger partial charge on any atom is 0.228 e.